The van der Waals surface area contributed by atoms with Crippen LogP contribution in [0.3, 0.4) is 0 Å². The molecule has 0 spiro atoms. The van der Waals surface area contributed by atoms with Gasteiger partial charge in [0, 0.05) is 6.42 Å². The third kappa shape index (κ3) is 6.31. The fraction of sp³-hybridized carbons (Fsp3) is 0.562. The molecule has 1 aliphatic heterocycles. The van der Waals surface area contributed by atoms with E-state index in [0.29, 0.717) is 23.8 Å². The summed E-state index contributed by atoms with van der Waals surface area (Å²) in [6.07, 6.45) is 2.22. The largest absolute Gasteiger partial charge is 0.481 e. The topological polar surface area (TPSA) is 85.9 Å². The van der Waals surface area contributed by atoms with Gasteiger partial charge >= 0.3 is 13.2 Å². The summed E-state index contributed by atoms with van der Waals surface area (Å²) in [7, 11) is -0.581. The summed E-state index contributed by atoms with van der Waals surface area (Å²) in [5, 5.41) is 5.88. The van der Waals surface area contributed by atoms with Crippen LogP contribution in [0.5, 0.6) is 0 Å². The summed E-state index contributed by atoms with van der Waals surface area (Å²) in [6, 6.07) is 14.3. The first-order valence-corrected chi connectivity index (χ1v) is 14.8. The lowest BCUT2D eigenvalue weighted by atomic mass is 9.43. The van der Waals surface area contributed by atoms with E-state index < -0.39 is 30.8 Å². The number of nitrogens with one attached hydrogen (secondary N) is 2. The minimum atomic E-state index is -0.940. The lowest BCUT2D eigenvalue weighted by Gasteiger charge is -2.64. The highest BCUT2D eigenvalue weighted by atomic mass is 19.1. The van der Waals surface area contributed by atoms with E-state index in [0.717, 1.165) is 18.4 Å². The van der Waals surface area contributed by atoms with Crippen molar-refractivity contribution in [1.82, 2.24) is 10.6 Å². The van der Waals surface area contributed by atoms with Gasteiger partial charge in [-0.15, -0.1) is 0 Å². The van der Waals surface area contributed by atoms with Gasteiger partial charge in [-0.05, 0) is 72.6 Å². The van der Waals surface area contributed by atoms with Crippen LogP contribution in [0.1, 0.15) is 65.0 Å². The molecule has 41 heavy (non-hydrogen) atoms. The van der Waals surface area contributed by atoms with E-state index in [1.165, 1.54) is 12.1 Å². The van der Waals surface area contributed by atoms with Crippen LogP contribution in [0.4, 0.5) is 9.18 Å². The molecule has 1 heterocycles. The van der Waals surface area contributed by atoms with Crippen molar-refractivity contribution in [3.8, 4) is 0 Å². The molecule has 1 saturated heterocycles. The van der Waals surface area contributed by atoms with E-state index in [4.69, 9.17) is 14.0 Å². The summed E-state index contributed by atoms with van der Waals surface area (Å²) in [5.41, 5.74) is 1.37. The number of ether oxygens (including phenoxy) is 1. The predicted octanol–water partition coefficient (Wildman–Crippen LogP) is 5.46. The molecule has 6 atom stereocenters. The van der Waals surface area contributed by atoms with Gasteiger partial charge in [0.05, 0.1) is 17.6 Å². The van der Waals surface area contributed by atoms with Gasteiger partial charge in [-0.2, -0.15) is 0 Å². The highest BCUT2D eigenvalue weighted by Crippen LogP contribution is 2.65. The van der Waals surface area contributed by atoms with Crippen LogP contribution in [0.15, 0.2) is 54.6 Å². The van der Waals surface area contributed by atoms with Crippen LogP contribution in [0.25, 0.3) is 0 Å². The third-order valence-corrected chi connectivity index (χ3v) is 9.52. The van der Waals surface area contributed by atoms with Crippen LogP contribution < -0.4 is 10.6 Å². The Morgan fingerprint density at radius 2 is 1.73 bits per heavy atom. The summed E-state index contributed by atoms with van der Waals surface area (Å²) in [4.78, 5) is 26.6. The standard InChI is InChI=1S/C32H42BFN2O5/c1-20(2)15-28(33-40-27-18-23-17-26(31(23,3)4)32(27,5)41-33)36-29(37)25(16-21-11-13-24(34)14-12-21)35-30(38)39-19-22-9-7-6-8-10-22/h6-14,20,23,25-28H,15-19H2,1-5H3,(H,35,38)(H,36,37)/t23-,25-,26-,27+,28-,32-/m0/s1. The summed E-state index contributed by atoms with van der Waals surface area (Å²) < 4.78 is 32.2. The number of halogens is 1. The Morgan fingerprint density at radius 1 is 1.02 bits per heavy atom. The van der Waals surface area contributed by atoms with E-state index in [1.54, 1.807) is 12.1 Å². The molecule has 4 aliphatic rings. The van der Waals surface area contributed by atoms with Gasteiger partial charge in [-0.1, -0.05) is 70.2 Å². The minimum absolute atomic E-state index is 0.00283. The Bertz CT molecular complexity index is 1230. The summed E-state index contributed by atoms with van der Waals surface area (Å²) in [5.74, 6) is 0.168. The van der Waals surface area contributed by atoms with Crippen molar-refractivity contribution >= 4 is 19.1 Å². The highest BCUT2D eigenvalue weighted by molar-refractivity contribution is 6.48. The second-order valence-electron chi connectivity index (χ2n) is 13.2. The highest BCUT2D eigenvalue weighted by Gasteiger charge is 2.68. The first-order valence-electron chi connectivity index (χ1n) is 14.8. The molecule has 2 bridgehead atoms. The second-order valence-corrected chi connectivity index (χ2v) is 13.2. The molecule has 2 N–H and O–H groups in total. The molecule has 2 amide bonds. The number of alkyl carbamates (subject to hydrolysis) is 1. The van der Waals surface area contributed by atoms with Crippen LogP contribution >= 0.6 is 0 Å². The Labute approximate surface area is 243 Å². The molecule has 3 aliphatic carbocycles. The molecule has 4 fully saturated rings. The first kappa shape index (κ1) is 29.6. The molecule has 9 heteroatoms. The van der Waals surface area contributed by atoms with Crippen molar-refractivity contribution < 1.29 is 28.0 Å². The molecule has 7 nitrogen and oxygen atoms in total. The number of rotatable bonds is 10. The molecule has 0 radical (unpaired) electrons. The van der Waals surface area contributed by atoms with Crippen molar-refractivity contribution in [2.24, 2.45) is 23.2 Å². The number of carbonyl (C=O) groups is 2. The fourth-order valence-electron chi connectivity index (χ4n) is 7.07. The van der Waals surface area contributed by atoms with Crippen molar-refractivity contribution in [2.75, 3.05) is 0 Å². The van der Waals surface area contributed by atoms with Gasteiger partial charge in [-0.25, -0.2) is 9.18 Å². The van der Waals surface area contributed by atoms with Crippen molar-refractivity contribution in [3.05, 3.63) is 71.5 Å². The quantitative estimate of drug-likeness (QED) is 0.375. The van der Waals surface area contributed by atoms with Gasteiger partial charge < -0.3 is 24.7 Å². The normalized spacial score (nSPS) is 27.4. The molecule has 0 aromatic heterocycles. The third-order valence-electron chi connectivity index (χ3n) is 9.52. The Kier molecular flexibility index (Phi) is 8.49. The van der Waals surface area contributed by atoms with Crippen molar-refractivity contribution in [1.29, 1.82) is 0 Å². The van der Waals surface area contributed by atoms with E-state index in [9.17, 15) is 14.0 Å². The Hall–Kier alpha value is -2.91. The van der Waals surface area contributed by atoms with Gasteiger partial charge in [0.25, 0.3) is 0 Å². The minimum Gasteiger partial charge on any atom is -0.445 e. The van der Waals surface area contributed by atoms with Crippen LogP contribution in [-0.2, 0) is 31.9 Å². The lowest BCUT2D eigenvalue weighted by molar-refractivity contribution is -0.199. The maximum Gasteiger partial charge on any atom is 0.481 e. The number of hydrogen-bond donors (Lipinski definition) is 2. The van der Waals surface area contributed by atoms with Gasteiger partial charge in [0.15, 0.2) is 0 Å². The maximum absolute atomic E-state index is 13.8. The summed E-state index contributed by atoms with van der Waals surface area (Å²) in [6.45, 7) is 11.1. The second kappa shape index (κ2) is 11.8. The number of carbonyl (C=O) groups excluding carboxylic acids is 2. The Balaban J connectivity index is 1.29. The molecule has 2 aromatic carbocycles. The molecular weight excluding hydrogens is 522 g/mol. The molecule has 2 aromatic rings. The first-order chi connectivity index (χ1) is 19.5. The maximum atomic E-state index is 13.8. The van der Waals surface area contributed by atoms with Gasteiger partial charge in [-0.3, -0.25) is 4.79 Å². The predicted molar refractivity (Wildman–Crippen MR) is 155 cm³/mol. The fourth-order valence-corrected chi connectivity index (χ4v) is 7.07. The van der Waals surface area contributed by atoms with E-state index >= 15 is 0 Å². The Morgan fingerprint density at radius 3 is 2.39 bits per heavy atom. The van der Waals surface area contributed by atoms with E-state index in [1.807, 2.05) is 30.3 Å². The smallest absolute Gasteiger partial charge is 0.445 e. The number of amides is 2. The van der Waals surface area contributed by atoms with E-state index in [2.05, 4.69) is 45.3 Å². The molecule has 0 unspecified atom stereocenters. The molecule has 220 valence electrons. The molecule has 3 saturated carbocycles. The van der Waals surface area contributed by atoms with Crippen LogP contribution in [0.2, 0.25) is 0 Å². The van der Waals surface area contributed by atoms with Crippen LogP contribution in [0, 0.1) is 29.0 Å². The zero-order valence-electron chi connectivity index (χ0n) is 24.7. The molecule has 6 rings (SSSR count). The van der Waals surface area contributed by atoms with Crippen LogP contribution in [-0.4, -0.2) is 42.8 Å². The number of benzene rings is 2. The monoisotopic (exact) mass is 564 g/mol. The SMILES string of the molecule is CC(C)C[C@H](NC(=O)[C@H](Cc1ccc(F)cc1)NC(=O)OCc1ccccc1)B1O[C@@H]2C[C@@H]3C[C@@H](C3(C)C)[C@]2(C)O1. The zero-order valence-corrected chi connectivity index (χ0v) is 24.7. The lowest BCUT2D eigenvalue weighted by Crippen LogP contribution is -2.65. The van der Waals surface area contributed by atoms with E-state index in [-0.39, 0.29) is 42.2 Å². The van der Waals surface area contributed by atoms with Crippen molar-refractivity contribution in [3.63, 3.8) is 0 Å². The van der Waals surface area contributed by atoms with Gasteiger partial charge in [0.1, 0.15) is 18.5 Å². The van der Waals surface area contributed by atoms with Crippen molar-refractivity contribution in [2.45, 2.75) is 90.6 Å². The zero-order chi connectivity index (χ0) is 29.4. The summed E-state index contributed by atoms with van der Waals surface area (Å²) >= 11 is 0. The van der Waals surface area contributed by atoms with Gasteiger partial charge in [0.2, 0.25) is 5.91 Å². The average molecular weight is 565 g/mol. The molecular formula is C32H42BFN2O5. The number of hydrogen-bond acceptors (Lipinski definition) is 5. The average Bonchev–Trinajstić information content (AvgIpc) is 3.30.